The number of para-hydroxylation sites is 2. The molecule has 1 amide bonds. The molecule has 2 aromatic heterocycles. The van der Waals surface area contributed by atoms with Crippen molar-refractivity contribution >= 4 is 11.9 Å². The minimum Gasteiger partial charge on any atom is -0.489 e. The van der Waals surface area contributed by atoms with Crippen molar-refractivity contribution in [2.75, 3.05) is 52.5 Å². The number of amides is 1. The number of carboxylic acid groups (broad SMARTS) is 1. The molecule has 2 aliphatic heterocycles. The Morgan fingerprint density at radius 2 is 1.18 bits per heavy atom. The Hall–Kier alpha value is -6.95. The molecule has 2 aliphatic rings. The highest BCUT2D eigenvalue weighted by atomic mass is 19.4. The van der Waals surface area contributed by atoms with Crippen LogP contribution < -0.4 is 25.3 Å². The fourth-order valence-electron chi connectivity index (χ4n) is 8.14. The molecule has 71 heavy (non-hydrogen) atoms. The number of carbonyl (C=O) groups is 2. The van der Waals surface area contributed by atoms with Gasteiger partial charge in [-0.3, -0.25) is 29.4 Å². The van der Waals surface area contributed by atoms with E-state index in [1.807, 2.05) is 43.3 Å². The number of nitrogens with zero attached hydrogens (tertiary/aromatic N) is 4. The Bertz CT molecular complexity index is 2560. The molecule has 6 aromatic rings. The number of carboxylic acids is 1. The van der Waals surface area contributed by atoms with E-state index in [1.54, 1.807) is 73.1 Å². The normalized spacial score (nSPS) is 15.4. The van der Waals surface area contributed by atoms with Crippen LogP contribution in [0.4, 0.5) is 22.0 Å². The molecule has 17 heteroatoms. The van der Waals surface area contributed by atoms with Gasteiger partial charge in [-0.1, -0.05) is 78.4 Å². The SMILES string of the molecule is Cc1cccc(C(NC(=O)C2CCN(CCOc3ccccc3F)CC2)c2ccccn2)c1.NC(c1cccc(OC(F)(F)F)c1)c1ccccn1.O=C(O)C1CCN(CCOc2ccccc2F)CC1. The number of nitrogens with one attached hydrogen (secondary N) is 1. The first-order chi connectivity index (χ1) is 34.2. The van der Waals surface area contributed by atoms with Gasteiger partial charge in [0.15, 0.2) is 23.1 Å². The zero-order chi connectivity index (χ0) is 50.6. The van der Waals surface area contributed by atoms with E-state index in [0.717, 1.165) is 55.8 Å². The van der Waals surface area contributed by atoms with Crippen molar-refractivity contribution in [2.24, 2.45) is 17.6 Å². The van der Waals surface area contributed by atoms with Crippen molar-refractivity contribution < 1.29 is 50.9 Å². The summed E-state index contributed by atoms with van der Waals surface area (Å²) in [6.07, 6.45) is 1.54. The van der Waals surface area contributed by atoms with Crippen molar-refractivity contribution in [3.63, 3.8) is 0 Å². The number of aromatic nitrogens is 2. The lowest BCUT2D eigenvalue weighted by Gasteiger charge is -2.32. The number of carbonyl (C=O) groups excluding carboxylic acids is 1. The minimum absolute atomic E-state index is 0.0373. The average Bonchev–Trinajstić information content (AvgIpc) is 3.37. The van der Waals surface area contributed by atoms with Gasteiger partial charge >= 0.3 is 12.3 Å². The third kappa shape index (κ3) is 17.4. The molecule has 2 saturated heterocycles. The lowest BCUT2D eigenvalue weighted by atomic mass is 9.94. The van der Waals surface area contributed by atoms with E-state index < -0.39 is 18.4 Å². The quantitative estimate of drug-likeness (QED) is 0.0796. The van der Waals surface area contributed by atoms with Crippen molar-refractivity contribution in [2.45, 2.75) is 51.1 Å². The summed E-state index contributed by atoms with van der Waals surface area (Å²) in [5, 5.41) is 12.1. The van der Waals surface area contributed by atoms with E-state index in [4.69, 9.17) is 20.3 Å². The van der Waals surface area contributed by atoms with Crippen molar-refractivity contribution in [1.29, 1.82) is 0 Å². The smallest absolute Gasteiger partial charge is 0.489 e. The Balaban J connectivity index is 0.000000186. The molecule has 2 fully saturated rings. The van der Waals surface area contributed by atoms with E-state index in [0.29, 0.717) is 50.4 Å². The number of pyridine rings is 2. The number of aliphatic carboxylic acids is 1. The number of alkyl halides is 3. The molecule has 0 saturated carbocycles. The highest BCUT2D eigenvalue weighted by Gasteiger charge is 2.32. The summed E-state index contributed by atoms with van der Waals surface area (Å²) in [7, 11) is 0. The Labute approximate surface area is 410 Å². The first-order valence-electron chi connectivity index (χ1n) is 23.4. The number of aryl methyl sites for hydroxylation is 1. The molecule has 8 rings (SSSR count). The fraction of sp³-hybridized carbons (Fsp3) is 0.333. The van der Waals surface area contributed by atoms with Gasteiger partial charge in [-0.05, 0) is 131 Å². The molecular formula is C54H59F5N6O6. The second kappa shape index (κ2) is 26.9. The Kier molecular flexibility index (Phi) is 20.2. The molecule has 2 atom stereocenters. The maximum Gasteiger partial charge on any atom is 0.573 e. The van der Waals surface area contributed by atoms with Crippen LogP contribution in [-0.2, 0) is 9.59 Å². The van der Waals surface area contributed by atoms with E-state index in [1.165, 1.54) is 30.3 Å². The van der Waals surface area contributed by atoms with Crippen LogP contribution in [0.5, 0.6) is 17.2 Å². The predicted molar refractivity (Wildman–Crippen MR) is 259 cm³/mol. The van der Waals surface area contributed by atoms with Crippen LogP contribution in [0, 0.1) is 30.4 Å². The predicted octanol–water partition coefficient (Wildman–Crippen LogP) is 9.56. The summed E-state index contributed by atoms with van der Waals surface area (Å²) < 4.78 is 78.2. The van der Waals surface area contributed by atoms with E-state index in [-0.39, 0.29) is 52.7 Å². The lowest BCUT2D eigenvalue weighted by Crippen LogP contribution is -2.43. The third-order valence-electron chi connectivity index (χ3n) is 12.0. The molecule has 2 unspecified atom stereocenters. The van der Waals surface area contributed by atoms with Gasteiger partial charge < -0.3 is 30.4 Å². The van der Waals surface area contributed by atoms with E-state index in [9.17, 15) is 31.5 Å². The first-order valence-corrected chi connectivity index (χ1v) is 23.4. The molecule has 0 spiro atoms. The molecule has 376 valence electrons. The molecule has 0 radical (unpaired) electrons. The number of hydrogen-bond acceptors (Lipinski definition) is 10. The van der Waals surface area contributed by atoms with Crippen molar-refractivity contribution in [3.05, 3.63) is 186 Å². The molecule has 4 heterocycles. The summed E-state index contributed by atoms with van der Waals surface area (Å²) >= 11 is 0. The maximum atomic E-state index is 13.7. The second-order valence-corrected chi connectivity index (χ2v) is 17.1. The zero-order valence-electron chi connectivity index (χ0n) is 39.4. The van der Waals surface area contributed by atoms with Crippen LogP contribution in [0.15, 0.2) is 146 Å². The number of piperidine rings is 2. The zero-order valence-corrected chi connectivity index (χ0v) is 39.4. The van der Waals surface area contributed by atoms with Crippen LogP contribution in [0.25, 0.3) is 0 Å². The Morgan fingerprint density at radius 3 is 1.69 bits per heavy atom. The minimum atomic E-state index is -4.71. The van der Waals surface area contributed by atoms with Gasteiger partial charge in [-0.25, -0.2) is 8.78 Å². The monoisotopic (exact) mass is 982 g/mol. The number of rotatable bonds is 16. The average molecular weight is 983 g/mol. The van der Waals surface area contributed by atoms with Gasteiger partial charge in [0.2, 0.25) is 5.91 Å². The van der Waals surface area contributed by atoms with Gasteiger partial charge in [-0.2, -0.15) is 0 Å². The lowest BCUT2D eigenvalue weighted by molar-refractivity contribution is -0.274. The Morgan fingerprint density at radius 1 is 0.676 bits per heavy atom. The number of nitrogens with two attached hydrogens (primary N) is 1. The third-order valence-corrected chi connectivity index (χ3v) is 12.0. The van der Waals surface area contributed by atoms with Crippen LogP contribution in [-0.4, -0.2) is 95.6 Å². The molecule has 0 bridgehead atoms. The van der Waals surface area contributed by atoms with Crippen LogP contribution in [0.3, 0.4) is 0 Å². The molecule has 12 nitrogen and oxygen atoms in total. The topological polar surface area (TPSA) is 152 Å². The van der Waals surface area contributed by atoms with E-state index in [2.05, 4.69) is 35.9 Å². The molecular weight excluding hydrogens is 924 g/mol. The van der Waals surface area contributed by atoms with Gasteiger partial charge in [0.05, 0.1) is 29.4 Å². The number of hydrogen-bond donors (Lipinski definition) is 3. The van der Waals surface area contributed by atoms with Crippen LogP contribution in [0.2, 0.25) is 0 Å². The fourth-order valence-corrected chi connectivity index (χ4v) is 8.14. The molecule has 4 N–H and O–H groups in total. The largest absolute Gasteiger partial charge is 0.573 e. The van der Waals surface area contributed by atoms with Crippen molar-refractivity contribution in [1.82, 2.24) is 25.1 Å². The number of halogens is 5. The summed E-state index contributed by atoms with van der Waals surface area (Å²) in [6.45, 7) is 7.45. The van der Waals surface area contributed by atoms with Crippen LogP contribution >= 0.6 is 0 Å². The molecule has 0 aliphatic carbocycles. The van der Waals surface area contributed by atoms with Gasteiger partial charge in [0.1, 0.15) is 19.0 Å². The van der Waals surface area contributed by atoms with Crippen LogP contribution in [0.1, 0.15) is 65.8 Å². The summed E-state index contributed by atoms with van der Waals surface area (Å²) in [5.41, 5.74) is 10.0. The highest BCUT2D eigenvalue weighted by molar-refractivity contribution is 5.79. The van der Waals surface area contributed by atoms with Gasteiger partial charge in [0, 0.05) is 31.4 Å². The standard InChI is InChI=1S/C27H30FN3O2.C14H18FNO3.C13H11F3N2O/c1-20-7-6-8-22(19-20)26(24-10-4-5-14-29-24)30-27(32)21-12-15-31(16-13-21)17-18-33-25-11-3-2-9-23(25)28;15-12-3-1-2-4-13(12)19-10-9-16-7-5-11(6-8-16)14(17)18;14-13(15,16)19-10-5-3-4-9(8-10)12(17)11-6-1-2-7-18-11/h2-11,14,19,21,26H,12-13,15-18H2,1H3,(H,30,32);1-4,11H,5-10H2,(H,17,18);1-8,12H,17H2. The highest BCUT2D eigenvalue weighted by Crippen LogP contribution is 2.28. The number of likely N-dealkylation sites (tertiary alicyclic amines) is 2. The van der Waals surface area contributed by atoms with Gasteiger partial charge in [0.25, 0.3) is 0 Å². The van der Waals surface area contributed by atoms with Crippen molar-refractivity contribution in [3.8, 4) is 17.2 Å². The summed E-state index contributed by atoms with van der Waals surface area (Å²) in [4.78, 5) is 37.0. The van der Waals surface area contributed by atoms with E-state index >= 15 is 0 Å². The van der Waals surface area contributed by atoms with Gasteiger partial charge in [-0.15, -0.1) is 13.2 Å². The second-order valence-electron chi connectivity index (χ2n) is 17.1. The number of ether oxygens (including phenoxy) is 3. The molecule has 4 aromatic carbocycles. The number of benzene rings is 4. The summed E-state index contributed by atoms with van der Waals surface area (Å²) in [6, 6.07) is 36.6. The first kappa shape index (κ1) is 53.4. The maximum absolute atomic E-state index is 13.7. The summed E-state index contributed by atoms with van der Waals surface area (Å²) in [5.74, 6) is -1.34.